The molecule has 1 aliphatic carbocycles. The number of hydrogen-bond acceptors (Lipinski definition) is 3. The molecule has 3 N–H and O–H groups in total. The molecule has 21 heavy (non-hydrogen) atoms. The van der Waals surface area contributed by atoms with E-state index in [-0.39, 0.29) is 11.6 Å². The molecule has 1 amide bonds. The lowest BCUT2D eigenvalue weighted by atomic mass is 9.94. The van der Waals surface area contributed by atoms with Gasteiger partial charge in [0.1, 0.15) is 5.82 Å². The highest BCUT2D eigenvalue weighted by Gasteiger charge is 2.23. The zero-order chi connectivity index (χ0) is 15.0. The van der Waals surface area contributed by atoms with Crippen molar-refractivity contribution in [2.75, 3.05) is 5.32 Å². The molecule has 0 aliphatic heterocycles. The van der Waals surface area contributed by atoms with Crippen molar-refractivity contribution in [1.29, 1.82) is 0 Å². The molecule has 3 rings (SSSR count). The Morgan fingerprint density at radius 1 is 1.43 bits per heavy atom. The first-order valence-corrected chi connectivity index (χ1v) is 8.58. The van der Waals surface area contributed by atoms with Gasteiger partial charge in [0.05, 0.1) is 14.5 Å². The first-order valence-electron chi connectivity index (χ1n) is 6.68. The van der Waals surface area contributed by atoms with Crippen LogP contribution in [0.2, 0.25) is 0 Å². The summed E-state index contributed by atoms with van der Waals surface area (Å²) >= 11 is 4.17. The van der Waals surface area contributed by atoms with Crippen LogP contribution in [0.5, 0.6) is 0 Å². The third-order valence-corrected chi connectivity index (χ3v) is 5.63. The highest BCUT2D eigenvalue weighted by Crippen LogP contribution is 2.38. The molecular weight excluding hydrogens is 402 g/mol. The van der Waals surface area contributed by atoms with E-state index in [1.165, 1.54) is 25.5 Å². The van der Waals surface area contributed by atoms with Gasteiger partial charge in [-0.1, -0.05) is 0 Å². The number of carbonyl (C=O) groups is 1. The van der Waals surface area contributed by atoms with Crippen LogP contribution in [0.4, 0.5) is 10.1 Å². The van der Waals surface area contributed by atoms with E-state index in [0.717, 1.165) is 24.9 Å². The van der Waals surface area contributed by atoms with Gasteiger partial charge in [-0.2, -0.15) is 0 Å². The third-order valence-electron chi connectivity index (χ3n) is 3.66. The van der Waals surface area contributed by atoms with E-state index in [2.05, 4.69) is 34.0 Å². The molecule has 1 aromatic heterocycles. The molecule has 3 nitrogen and oxygen atoms in total. The average molecular weight is 416 g/mol. The van der Waals surface area contributed by atoms with Gasteiger partial charge in [-0.15, -0.1) is 11.3 Å². The minimum atomic E-state index is -0.745. The fourth-order valence-electron chi connectivity index (χ4n) is 2.68. The molecule has 1 unspecified atom stereocenters. The van der Waals surface area contributed by atoms with Crippen molar-refractivity contribution >= 4 is 45.5 Å². The number of aryl methyl sites for hydroxylation is 1. The Labute approximate surface area is 139 Å². The van der Waals surface area contributed by atoms with E-state index in [1.807, 2.05) is 11.3 Å². The zero-order valence-corrected chi connectivity index (χ0v) is 14.1. The molecule has 1 aliphatic rings. The SMILES string of the molecule is NC(=O)c1cc(NC2CCCc3sc(I)cc32)ccc1F. The smallest absolute Gasteiger partial charge is 0.251 e. The number of halogens is 2. The first-order chi connectivity index (χ1) is 10.0. The predicted octanol–water partition coefficient (Wildman–Crippen LogP) is 4.08. The number of hydrogen-bond donors (Lipinski definition) is 2. The second kappa shape index (κ2) is 5.92. The normalized spacial score (nSPS) is 17.3. The monoisotopic (exact) mass is 416 g/mol. The molecule has 0 spiro atoms. The van der Waals surface area contributed by atoms with Crippen molar-refractivity contribution in [2.45, 2.75) is 25.3 Å². The van der Waals surface area contributed by atoms with E-state index >= 15 is 0 Å². The van der Waals surface area contributed by atoms with Gasteiger partial charge in [0.2, 0.25) is 0 Å². The molecule has 6 heteroatoms. The highest BCUT2D eigenvalue weighted by atomic mass is 127. The van der Waals surface area contributed by atoms with Crippen LogP contribution in [-0.2, 0) is 6.42 Å². The van der Waals surface area contributed by atoms with E-state index < -0.39 is 11.7 Å². The zero-order valence-electron chi connectivity index (χ0n) is 11.2. The lowest BCUT2D eigenvalue weighted by Gasteiger charge is -2.24. The number of amides is 1. The van der Waals surface area contributed by atoms with Crippen molar-refractivity contribution in [3.63, 3.8) is 0 Å². The molecule has 0 saturated carbocycles. The summed E-state index contributed by atoms with van der Waals surface area (Å²) in [6.07, 6.45) is 3.28. The number of carbonyl (C=O) groups excluding carboxylic acids is 1. The number of nitrogens with one attached hydrogen (secondary N) is 1. The van der Waals surface area contributed by atoms with Crippen LogP contribution in [0.3, 0.4) is 0 Å². The fraction of sp³-hybridized carbons (Fsp3) is 0.267. The van der Waals surface area contributed by atoms with Gasteiger partial charge in [-0.05, 0) is 71.7 Å². The molecule has 1 atom stereocenters. The second-order valence-electron chi connectivity index (χ2n) is 5.08. The van der Waals surface area contributed by atoms with Crippen LogP contribution in [0.15, 0.2) is 24.3 Å². The van der Waals surface area contributed by atoms with E-state index in [1.54, 1.807) is 6.07 Å². The minimum Gasteiger partial charge on any atom is -0.378 e. The summed E-state index contributed by atoms with van der Waals surface area (Å²) in [5, 5.41) is 3.40. The lowest BCUT2D eigenvalue weighted by molar-refractivity contribution is 0.0996. The molecule has 110 valence electrons. The van der Waals surface area contributed by atoms with Crippen LogP contribution < -0.4 is 11.1 Å². The maximum atomic E-state index is 13.5. The quantitative estimate of drug-likeness (QED) is 0.741. The summed E-state index contributed by atoms with van der Waals surface area (Å²) < 4.78 is 14.8. The van der Waals surface area contributed by atoms with Crippen LogP contribution in [0.1, 0.15) is 39.7 Å². The second-order valence-corrected chi connectivity index (χ2v) is 8.11. The summed E-state index contributed by atoms with van der Waals surface area (Å²) in [7, 11) is 0. The predicted molar refractivity (Wildman–Crippen MR) is 91.3 cm³/mol. The number of benzene rings is 1. The summed E-state index contributed by atoms with van der Waals surface area (Å²) in [5.41, 5.74) is 7.16. The number of fused-ring (bicyclic) bond motifs is 1. The lowest BCUT2D eigenvalue weighted by Crippen LogP contribution is -2.17. The number of anilines is 1. The summed E-state index contributed by atoms with van der Waals surface area (Å²) in [4.78, 5) is 12.6. The standard InChI is InChI=1S/C15H14FIN2OS/c16-11-5-4-8(6-9(11)15(18)20)19-12-2-1-3-13-10(12)7-14(17)21-13/h4-7,12,19H,1-3H2,(H2,18,20). The van der Waals surface area contributed by atoms with Crippen LogP contribution in [0.25, 0.3) is 0 Å². The Morgan fingerprint density at radius 2 is 2.24 bits per heavy atom. The summed E-state index contributed by atoms with van der Waals surface area (Å²) in [6.45, 7) is 0. The number of thiophene rings is 1. The topological polar surface area (TPSA) is 55.1 Å². The average Bonchev–Trinajstić information content (AvgIpc) is 2.82. The molecule has 0 saturated heterocycles. The fourth-order valence-corrected chi connectivity index (χ4v) is 4.80. The van der Waals surface area contributed by atoms with Crippen molar-refractivity contribution in [3.8, 4) is 0 Å². The van der Waals surface area contributed by atoms with Crippen LogP contribution in [0, 0.1) is 8.70 Å². The largest absolute Gasteiger partial charge is 0.378 e. The molecule has 0 fully saturated rings. The van der Waals surface area contributed by atoms with Crippen LogP contribution in [-0.4, -0.2) is 5.91 Å². The van der Waals surface area contributed by atoms with Crippen molar-refractivity contribution < 1.29 is 9.18 Å². The highest BCUT2D eigenvalue weighted by molar-refractivity contribution is 14.1. The van der Waals surface area contributed by atoms with Gasteiger partial charge in [-0.3, -0.25) is 4.79 Å². The maximum Gasteiger partial charge on any atom is 0.251 e. The van der Waals surface area contributed by atoms with Gasteiger partial charge >= 0.3 is 0 Å². The Bertz CT molecular complexity index is 701. The van der Waals surface area contributed by atoms with Crippen molar-refractivity contribution in [3.05, 3.63) is 49.0 Å². The van der Waals surface area contributed by atoms with Gasteiger partial charge in [0.25, 0.3) is 5.91 Å². The minimum absolute atomic E-state index is 0.0732. The molecule has 0 bridgehead atoms. The van der Waals surface area contributed by atoms with Gasteiger partial charge in [0.15, 0.2) is 0 Å². The molecule has 0 radical (unpaired) electrons. The van der Waals surface area contributed by atoms with Crippen molar-refractivity contribution in [1.82, 2.24) is 0 Å². The molecular formula is C15H14FIN2OS. The molecule has 1 heterocycles. The number of nitrogens with two attached hydrogens (primary N) is 1. The van der Waals surface area contributed by atoms with Gasteiger partial charge in [0, 0.05) is 10.6 Å². The summed E-state index contributed by atoms with van der Waals surface area (Å²) in [6, 6.07) is 6.83. The number of rotatable bonds is 3. The van der Waals surface area contributed by atoms with Crippen LogP contribution >= 0.6 is 33.9 Å². The summed E-state index contributed by atoms with van der Waals surface area (Å²) in [5.74, 6) is -1.33. The first kappa shape index (κ1) is 14.8. The number of primary amides is 1. The third kappa shape index (κ3) is 3.06. The van der Waals surface area contributed by atoms with E-state index in [9.17, 15) is 9.18 Å². The van der Waals surface area contributed by atoms with Gasteiger partial charge < -0.3 is 11.1 Å². The van der Waals surface area contributed by atoms with Gasteiger partial charge in [-0.25, -0.2) is 4.39 Å². The molecule has 1 aromatic carbocycles. The maximum absolute atomic E-state index is 13.5. The van der Waals surface area contributed by atoms with E-state index in [4.69, 9.17) is 5.73 Å². The Morgan fingerprint density at radius 3 is 3.00 bits per heavy atom. The van der Waals surface area contributed by atoms with Crippen molar-refractivity contribution in [2.24, 2.45) is 5.73 Å². The Hall–Kier alpha value is -1.15. The Kier molecular flexibility index (Phi) is 4.17. The molecule has 2 aromatic rings. The van der Waals surface area contributed by atoms with E-state index in [0.29, 0.717) is 0 Å². The Balaban J connectivity index is 1.88.